The molecule has 3 rings (SSSR count). The van der Waals surface area contributed by atoms with Gasteiger partial charge in [0.25, 0.3) is 11.8 Å². The summed E-state index contributed by atoms with van der Waals surface area (Å²) in [7, 11) is 0. The number of aromatic nitrogens is 2. The van der Waals surface area contributed by atoms with E-state index in [2.05, 4.69) is 20.0 Å². The van der Waals surface area contributed by atoms with Crippen molar-refractivity contribution in [1.29, 1.82) is 0 Å². The molecular formula is C19H18F4N4O3. The molecule has 0 saturated carbocycles. The smallest absolute Gasteiger partial charge is 0.422 e. The summed E-state index contributed by atoms with van der Waals surface area (Å²) in [6.07, 6.45) is -2.06. The number of rotatable bonds is 6. The number of halogens is 4. The summed E-state index contributed by atoms with van der Waals surface area (Å²) in [6.45, 7) is 1.88. The van der Waals surface area contributed by atoms with Gasteiger partial charge in [-0.3, -0.25) is 9.59 Å². The summed E-state index contributed by atoms with van der Waals surface area (Å²) >= 11 is 0. The maximum absolute atomic E-state index is 14.0. The zero-order valence-electron chi connectivity index (χ0n) is 16.1. The topological polar surface area (TPSA) is 84.4 Å². The fourth-order valence-corrected chi connectivity index (χ4v) is 2.81. The molecule has 1 aliphatic heterocycles. The third-order valence-electron chi connectivity index (χ3n) is 4.30. The van der Waals surface area contributed by atoms with Gasteiger partial charge in [0.15, 0.2) is 12.4 Å². The van der Waals surface area contributed by atoms with E-state index < -0.39 is 24.5 Å². The monoisotopic (exact) mass is 426 g/mol. The lowest BCUT2D eigenvalue weighted by Gasteiger charge is -2.16. The number of hydrogen-bond acceptors (Lipinski definition) is 5. The molecule has 2 aromatic heterocycles. The summed E-state index contributed by atoms with van der Waals surface area (Å²) in [5, 5.41) is 2.68. The minimum atomic E-state index is -4.61. The van der Waals surface area contributed by atoms with Gasteiger partial charge in [0.05, 0.1) is 6.54 Å². The van der Waals surface area contributed by atoms with E-state index in [4.69, 9.17) is 0 Å². The molecule has 2 aromatic rings. The number of nitrogens with zero attached hydrogens (tertiary/aromatic N) is 3. The predicted octanol–water partition coefficient (Wildman–Crippen LogP) is 3.31. The molecule has 0 saturated heterocycles. The summed E-state index contributed by atoms with van der Waals surface area (Å²) in [6, 6.07) is 2.49. The maximum Gasteiger partial charge on any atom is 0.422 e. The summed E-state index contributed by atoms with van der Waals surface area (Å²) in [5.41, 5.74) is 1.17. The molecule has 30 heavy (non-hydrogen) atoms. The summed E-state index contributed by atoms with van der Waals surface area (Å²) in [5.74, 6) is -2.42. The second kappa shape index (κ2) is 8.25. The largest absolute Gasteiger partial charge is 0.466 e. The van der Waals surface area contributed by atoms with Crippen LogP contribution in [0.3, 0.4) is 0 Å². The number of carbonyl (C=O) groups is 2. The van der Waals surface area contributed by atoms with Crippen molar-refractivity contribution in [2.75, 3.05) is 11.9 Å². The van der Waals surface area contributed by atoms with Gasteiger partial charge in [-0.1, -0.05) is 13.8 Å². The molecule has 0 bridgehead atoms. The lowest BCUT2D eigenvalue weighted by Crippen LogP contribution is -2.24. The zero-order valence-corrected chi connectivity index (χ0v) is 16.1. The Morgan fingerprint density at radius 1 is 1.33 bits per heavy atom. The SMILES string of the molecule is CC(C)C(=O)Nc1nccc2c1CN(Cc1cnc(OCC(F)(F)F)c(F)c1)C2=O. The number of pyridine rings is 2. The Labute approximate surface area is 169 Å². The summed E-state index contributed by atoms with van der Waals surface area (Å²) in [4.78, 5) is 33.7. The fraction of sp³-hybridized carbons (Fsp3) is 0.368. The van der Waals surface area contributed by atoms with Crippen molar-refractivity contribution in [2.24, 2.45) is 5.92 Å². The Morgan fingerprint density at radius 2 is 2.07 bits per heavy atom. The highest BCUT2D eigenvalue weighted by molar-refractivity contribution is 6.01. The van der Waals surface area contributed by atoms with Crippen molar-refractivity contribution >= 4 is 17.6 Å². The Hall–Kier alpha value is -3.24. The summed E-state index contributed by atoms with van der Waals surface area (Å²) < 4.78 is 55.0. The van der Waals surface area contributed by atoms with E-state index in [1.165, 1.54) is 17.2 Å². The standard InChI is InChI=1S/C19H18F4N4O3/c1-10(2)16(28)26-15-13-8-27(18(29)12(13)3-4-24-15)7-11-5-14(20)17(25-6-11)30-9-19(21,22)23/h3-6,10H,7-9H2,1-2H3,(H,24,26,28). The molecule has 1 aliphatic rings. The molecule has 3 heterocycles. The van der Waals surface area contributed by atoms with Crippen LogP contribution in [0.25, 0.3) is 0 Å². The van der Waals surface area contributed by atoms with Crippen molar-refractivity contribution in [1.82, 2.24) is 14.9 Å². The molecule has 2 amide bonds. The van der Waals surface area contributed by atoms with Crippen LogP contribution in [0.2, 0.25) is 0 Å². The van der Waals surface area contributed by atoms with E-state index in [9.17, 15) is 27.2 Å². The minimum Gasteiger partial charge on any atom is -0.466 e. The van der Waals surface area contributed by atoms with Gasteiger partial charge in [0.1, 0.15) is 5.82 Å². The highest BCUT2D eigenvalue weighted by Gasteiger charge is 2.31. The lowest BCUT2D eigenvalue weighted by molar-refractivity contribution is -0.154. The first kappa shape index (κ1) is 21.5. The van der Waals surface area contributed by atoms with Gasteiger partial charge in [-0.2, -0.15) is 13.2 Å². The Kier molecular flexibility index (Phi) is 5.90. The highest BCUT2D eigenvalue weighted by Crippen LogP contribution is 2.29. The first-order chi connectivity index (χ1) is 14.0. The Bertz CT molecular complexity index is 979. The third kappa shape index (κ3) is 4.84. The van der Waals surface area contributed by atoms with Crippen molar-refractivity contribution < 1.29 is 31.9 Å². The van der Waals surface area contributed by atoms with Crippen LogP contribution in [-0.4, -0.2) is 39.5 Å². The van der Waals surface area contributed by atoms with E-state index in [0.29, 0.717) is 11.1 Å². The van der Waals surface area contributed by atoms with Gasteiger partial charge in [0.2, 0.25) is 5.91 Å². The third-order valence-corrected chi connectivity index (χ3v) is 4.30. The molecule has 7 nitrogen and oxygen atoms in total. The van der Waals surface area contributed by atoms with Crippen LogP contribution >= 0.6 is 0 Å². The van der Waals surface area contributed by atoms with Crippen LogP contribution in [0.5, 0.6) is 5.88 Å². The molecule has 160 valence electrons. The minimum absolute atomic E-state index is 0.0332. The molecule has 0 unspecified atom stereocenters. The van der Waals surface area contributed by atoms with Crippen LogP contribution in [-0.2, 0) is 17.9 Å². The van der Waals surface area contributed by atoms with Crippen LogP contribution < -0.4 is 10.1 Å². The van der Waals surface area contributed by atoms with E-state index in [1.807, 2.05) is 0 Å². The second-order valence-electron chi connectivity index (χ2n) is 7.03. The average molecular weight is 426 g/mol. The predicted molar refractivity (Wildman–Crippen MR) is 97.0 cm³/mol. The van der Waals surface area contributed by atoms with E-state index in [-0.39, 0.29) is 42.2 Å². The second-order valence-corrected chi connectivity index (χ2v) is 7.03. The van der Waals surface area contributed by atoms with E-state index in [0.717, 1.165) is 12.3 Å². The van der Waals surface area contributed by atoms with Gasteiger partial charge in [0, 0.05) is 36.0 Å². The first-order valence-electron chi connectivity index (χ1n) is 8.97. The molecular weight excluding hydrogens is 408 g/mol. The average Bonchev–Trinajstić information content (AvgIpc) is 2.97. The zero-order chi connectivity index (χ0) is 22.1. The van der Waals surface area contributed by atoms with Gasteiger partial charge in [-0.15, -0.1) is 0 Å². The first-order valence-corrected chi connectivity index (χ1v) is 8.97. The molecule has 0 atom stereocenters. The van der Waals surface area contributed by atoms with Crippen molar-refractivity contribution in [3.8, 4) is 5.88 Å². The molecule has 0 radical (unpaired) electrons. The van der Waals surface area contributed by atoms with Crippen molar-refractivity contribution in [2.45, 2.75) is 33.1 Å². The Balaban J connectivity index is 1.73. The van der Waals surface area contributed by atoms with Gasteiger partial charge >= 0.3 is 6.18 Å². The van der Waals surface area contributed by atoms with E-state index in [1.54, 1.807) is 13.8 Å². The maximum atomic E-state index is 14.0. The molecule has 0 aromatic carbocycles. The molecule has 1 N–H and O–H groups in total. The van der Waals surface area contributed by atoms with Crippen molar-refractivity contribution in [3.05, 3.63) is 47.0 Å². The van der Waals surface area contributed by atoms with Gasteiger partial charge in [-0.05, 0) is 17.7 Å². The number of nitrogens with one attached hydrogen (secondary N) is 1. The van der Waals surface area contributed by atoms with Gasteiger partial charge < -0.3 is 15.0 Å². The quantitative estimate of drug-likeness (QED) is 0.717. The highest BCUT2D eigenvalue weighted by atomic mass is 19.4. The van der Waals surface area contributed by atoms with E-state index >= 15 is 0 Å². The normalized spacial score (nSPS) is 13.6. The van der Waals surface area contributed by atoms with Crippen molar-refractivity contribution in [3.63, 3.8) is 0 Å². The van der Waals surface area contributed by atoms with Crippen LogP contribution in [0.1, 0.15) is 35.3 Å². The number of hydrogen-bond donors (Lipinski definition) is 1. The number of amides is 2. The number of anilines is 1. The number of alkyl halides is 3. The molecule has 11 heteroatoms. The van der Waals surface area contributed by atoms with Crippen LogP contribution in [0.15, 0.2) is 24.5 Å². The molecule has 0 fully saturated rings. The lowest BCUT2D eigenvalue weighted by atomic mass is 10.1. The molecule has 0 aliphatic carbocycles. The van der Waals surface area contributed by atoms with Gasteiger partial charge in [-0.25, -0.2) is 14.4 Å². The number of fused-ring (bicyclic) bond motifs is 1. The number of carbonyl (C=O) groups excluding carboxylic acids is 2. The van der Waals surface area contributed by atoms with Crippen LogP contribution in [0.4, 0.5) is 23.4 Å². The Morgan fingerprint density at radius 3 is 2.70 bits per heavy atom. The fourth-order valence-electron chi connectivity index (χ4n) is 2.81. The molecule has 0 spiro atoms. The number of ether oxygens (including phenoxy) is 1. The van der Waals surface area contributed by atoms with Crippen LogP contribution in [0, 0.1) is 11.7 Å².